The van der Waals surface area contributed by atoms with Gasteiger partial charge in [-0.05, 0) is 13.3 Å². The number of rotatable bonds is 5. The van der Waals surface area contributed by atoms with E-state index in [2.05, 4.69) is 29.1 Å². The number of aliphatic hydroxyl groups excluding tert-OH is 1. The second kappa shape index (κ2) is 5.66. The van der Waals surface area contributed by atoms with Gasteiger partial charge in [-0.2, -0.15) is 0 Å². The summed E-state index contributed by atoms with van der Waals surface area (Å²) < 4.78 is 0. The van der Waals surface area contributed by atoms with Crippen molar-refractivity contribution < 1.29 is 5.11 Å². The summed E-state index contributed by atoms with van der Waals surface area (Å²) in [6.07, 6.45) is 0.736. The summed E-state index contributed by atoms with van der Waals surface area (Å²) in [5.74, 6) is 2.05. The van der Waals surface area contributed by atoms with Crippen LogP contribution in [0.5, 0.6) is 0 Å². The van der Waals surface area contributed by atoms with E-state index in [0.717, 1.165) is 30.3 Å². The van der Waals surface area contributed by atoms with Gasteiger partial charge in [0.05, 0.1) is 0 Å². The summed E-state index contributed by atoms with van der Waals surface area (Å²) in [4.78, 5) is 8.76. The summed E-state index contributed by atoms with van der Waals surface area (Å²) in [5.41, 5.74) is 0.972. The Morgan fingerprint density at radius 2 is 2.13 bits per heavy atom. The molecule has 2 N–H and O–H groups in total. The van der Waals surface area contributed by atoms with Gasteiger partial charge in [-0.15, -0.1) is 0 Å². The van der Waals surface area contributed by atoms with E-state index >= 15 is 0 Å². The Labute approximate surface area is 90.8 Å². The number of aryl methyl sites for hydroxylation is 1. The van der Waals surface area contributed by atoms with Crippen LogP contribution in [-0.4, -0.2) is 28.2 Å². The van der Waals surface area contributed by atoms with Crippen molar-refractivity contribution >= 4 is 5.82 Å². The van der Waals surface area contributed by atoms with Gasteiger partial charge in [-0.25, -0.2) is 9.97 Å². The van der Waals surface area contributed by atoms with E-state index in [1.54, 1.807) is 0 Å². The van der Waals surface area contributed by atoms with E-state index in [1.165, 1.54) is 0 Å². The third kappa shape index (κ3) is 3.83. The van der Waals surface area contributed by atoms with Crippen LogP contribution in [0.2, 0.25) is 0 Å². The van der Waals surface area contributed by atoms with Crippen LogP contribution in [-0.2, 0) is 0 Å². The van der Waals surface area contributed by atoms with Gasteiger partial charge in [-0.1, -0.05) is 13.8 Å². The van der Waals surface area contributed by atoms with E-state index in [-0.39, 0.29) is 6.61 Å². The van der Waals surface area contributed by atoms with Crippen LogP contribution in [0.1, 0.15) is 37.7 Å². The minimum absolute atomic E-state index is 0.202. The average Bonchev–Trinajstić information content (AvgIpc) is 2.17. The molecule has 0 saturated heterocycles. The molecule has 0 aromatic carbocycles. The van der Waals surface area contributed by atoms with Crippen molar-refractivity contribution in [3.63, 3.8) is 0 Å². The number of nitrogens with one attached hydrogen (secondary N) is 1. The Morgan fingerprint density at radius 3 is 2.73 bits per heavy atom. The molecule has 4 nitrogen and oxygen atoms in total. The average molecular weight is 209 g/mol. The van der Waals surface area contributed by atoms with E-state index < -0.39 is 0 Å². The van der Waals surface area contributed by atoms with Crippen LogP contribution in [0, 0.1) is 6.92 Å². The molecule has 0 radical (unpaired) electrons. The van der Waals surface area contributed by atoms with Gasteiger partial charge in [0.25, 0.3) is 0 Å². The largest absolute Gasteiger partial charge is 0.396 e. The highest BCUT2D eigenvalue weighted by Crippen LogP contribution is 2.13. The maximum absolute atomic E-state index is 8.67. The molecule has 0 bridgehead atoms. The lowest BCUT2D eigenvalue weighted by molar-refractivity contribution is 0.292. The van der Waals surface area contributed by atoms with Gasteiger partial charge in [0.1, 0.15) is 11.6 Å². The standard InChI is InChI=1S/C11H19N3O/c1-8(2)11-13-9(3)7-10(14-11)12-5-4-6-15/h7-8,15H,4-6H2,1-3H3,(H,12,13,14). The molecule has 0 fully saturated rings. The molecule has 4 heteroatoms. The van der Waals surface area contributed by atoms with Crippen LogP contribution >= 0.6 is 0 Å². The molecule has 0 amide bonds. The summed E-state index contributed by atoms with van der Waals surface area (Å²) in [6.45, 7) is 7.06. The Balaban J connectivity index is 2.71. The zero-order valence-electron chi connectivity index (χ0n) is 9.62. The Kier molecular flexibility index (Phi) is 4.49. The normalized spacial score (nSPS) is 10.7. The third-order valence-corrected chi connectivity index (χ3v) is 2.03. The zero-order valence-corrected chi connectivity index (χ0v) is 9.62. The summed E-state index contributed by atoms with van der Waals surface area (Å²) in [6, 6.07) is 1.92. The maximum Gasteiger partial charge on any atom is 0.133 e. The Hall–Kier alpha value is -1.16. The summed E-state index contributed by atoms with van der Waals surface area (Å²) in [5, 5.41) is 11.8. The zero-order chi connectivity index (χ0) is 11.3. The minimum atomic E-state index is 0.202. The fourth-order valence-electron chi connectivity index (χ4n) is 1.24. The number of hydrogen-bond acceptors (Lipinski definition) is 4. The molecule has 0 unspecified atom stereocenters. The first-order valence-corrected chi connectivity index (χ1v) is 5.33. The number of aliphatic hydroxyl groups is 1. The monoisotopic (exact) mass is 209 g/mol. The van der Waals surface area contributed by atoms with Crippen molar-refractivity contribution in [3.05, 3.63) is 17.6 Å². The molecule has 1 heterocycles. The van der Waals surface area contributed by atoms with Gasteiger partial charge in [0.2, 0.25) is 0 Å². The van der Waals surface area contributed by atoms with Crippen molar-refractivity contribution in [1.82, 2.24) is 9.97 Å². The molecule has 0 aliphatic carbocycles. The number of hydrogen-bond donors (Lipinski definition) is 2. The van der Waals surface area contributed by atoms with Crippen LogP contribution in [0.3, 0.4) is 0 Å². The summed E-state index contributed by atoms with van der Waals surface area (Å²) >= 11 is 0. The SMILES string of the molecule is Cc1cc(NCCCO)nc(C(C)C)n1. The Morgan fingerprint density at radius 1 is 1.40 bits per heavy atom. The second-order valence-electron chi connectivity index (χ2n) is 3.91. The van der Waals surface area contributed by atoms with Gasteiger partial charge in [-0.3, -0.25) is 0 Å². The van der Waals surface area contributed by atoms with Crippen LogP contribution in [0.15, 0.2) is 6.07 Å². The molecule has 0 aliphatic rings. The predicted octanol–water partition coefficient (Wildman–Crippen LogP) is 1.70. The quantitative estimate of drug-likeness (QED) is 0.725. The smallest absolute Gasteiger partial charge is 0.133 e. The van der Waals surface area contributed by atoms with E-state index in [9.17, 15) is 0 Å². The van der Waals surface area contributed by atoms with Gasteiger partial charge >= 0.3 is 0 Å². The van der Waals surface area contributed by atoms with Gasteiger partial charge in [0.15, 0.2) is 0 Å². The number of nitrogens with zero attached hydrogens (tertiary/aromatic N) is 2. The van der Waals surface area contributed by atoms with Crippen LogP contribution in [0.4, 0.5) is 5.82 Å². The molecule has 84 valence electrons. The van der Waals surface area contributed by atoms with Crippen molar-refractivity contribution in [3.8, 4) is 0 Å². The van der Waals surface area contributed by atoms with E-state index in [0.29, 0.717) is 5.92 Å². The van der Waals surface area contributed by atoms with Gasteiger partial charge < -0.3 is 10.4 Å². The highest BCUT2D eigenvalue weighted by atomic mass is 16.3. The maximum atomic E-state index is 8.67. The summed E-state index contributed by atoms with van der Waals surface area (Å²) in [7, 11) is 0. The fraction of sp³-hybridized carbons (Fsp3) is 0.636. The molecule has 0 aliphatic heterocycles. The van der Waals surface area contributed by atoms with Crippen molar-refractivity contribution in [2.45, 2.75) is 33.1 Å². The van der Waals surface area contributed by atoms with Crippen molar-refractivity contribution in [2.24, 2.45) is 0 Å². The van der Waals surface area contributed by atoms with Crippen LogP contribution in [0.25, 0.3) is 0 Å². The predicted molar refractivity (Wildman–Crippen MR) is 61.1 cm³/mol. The molecular formula is C11H19N3O. The van der Waals surface area contributed by atoms with E-state index in [4.69, 9.17) is 5.11 Å². The van der Waals surface area contributed by atoms with Crippen LogP contribution < -0.4 is 5.32 Å². The first-order valence-electron chi connectivity index (χ1n) is 5.33. The number of anilines is 1. The third-order valence-electron chi connectivity index (χ3n) is 2.03. The lowest BCUT2D eigenvalue weighted by Gasteiger charge is -2.09. The van der Waals surface area contributed by atoms with Gasteiger partial charge in [0, 0.05) is 30.8 Å². The lowest BCUT2D eigenvalue weighted by Crippen LogP contribution is -2.08. The molecule has 1 rings (SSSR count). The van der Waals surface area contributed by atoms with Crippen molar-refractivity contribution in [2.75, 3.05) is 18.5 Å². The topological polar surface area (TPSA) is 58.0 Å². The molecule has 1 aromatic heterocycles. The molecule has 0 atom stereocenters. The van der Waals surface area contributed by atoms with Crippen molar-refractivity contribution in [1.29, 1.82) is 0 Å². The van der Waals surface area contributed by atoms with E-state index in [1.807, 2.05) is 13.0 Å². The molecule has 0 spiro atoms. The molecule has 0 saturated carbocycles. The first kappa shape index (κ1) is 11.9. The number of aromatic nitrogens is 2. The first-order chi connectivity index (χ1) is 7.13. The lowest BCUT2D eigenvalue weighted by atomic mass is 10.2. The molecule has 15 heavy (non-hydrogen) atoms. The fourth-order valence-corrected chi connectivity index (χ4v) is 1.24. The molecule has 1 aromatic rings. The molecular weight excluding hydrogens is 190 g/mol. The highest BCUT2D eigenvalue weighted by molar-refractivity contribution is 5.36. The Bertz CT molecular complexity index is 313. The minimum Gasteiger partial charge on any atom is -0.396 e. The second-order valence-corrected chi connectivity index (χ2v) is 3.91. The highest BCUT2D eigenvalue weighted by Gasteiger charge is 2.05.